The first kappa shape index (κ1) is 13.2. The minimum Gasteiger partial charge on any atom is -0.507 e. The molecule has 0 fully saturated rings. The maximum Gasteiger partial charge on any atom is 0.308 e. The van der Waals surface area contributed by atoms with Crippen LogP contribution in [0.3, 0.4) is 0 Å². The molecule has 0 aliphatic carbocycles. The first-order valence-electron chi connectivity index (χ1n) is 5.93. The van der Waals surface area contributed by atoms with E-state index < -0.39 is 5.97 Å². The summed E-state index contributed by atoms with van der Waals surface area (Å²) in [4.78, 5) is 11.2. The Balaban J connectivity index is 2.84. The van der Waals surface area contributed by atoms with Gasteiger partial charge in [-0.25, -0.2) is 0 Å². The molecule has 2 aromatic rings. The average Bonchev–Trinajstić information content (AvgIpc) is 2.34. The largest absolute Gasteiger partial charge is 0.507 e. The van der Waals surface area contributed by atoms with E-state index in [0.717, 1.165) is 11.1 Å². The monoisotopic (exact) mass is 260 g/mol. The van der Waals surface area contributed by atoms with Crippen molar-refractivity contribution in [3.63, 3.8) is 0 Å². The van der Waals surface area contributed by atoms with Crippen LogP contribution in [0.5, 0.6) is 17.2 Å². The van der Waals surface area contributed by atoms with Crippen LogP contribution in [-0.4, -0.2) is 18.2 Å². The number of esters is 1. The normalized spacial score (nSPS) is 10.5. The van der Waals surface area contributed by atoms with Crippen LogP contribution in [0, 0.1) is 13.8 Å². The minimum atomic E-state index is -0.427. The molecule has 0 atom stereocenters. The van der Waals surface area contributed by atoms with Crippen LogP contribution in [0.15, 0.2) is 18.2 Å². The van der Waals surface area contributed by atoms with Crippen molar-refractivity contribution in [1.29, 1.82) is 0 Å². The van der Waals surface area contributed by atoms with Gasteiger partial charge in [-0.3, -0.25) is 4.79 Å². The highest BCUT2D eigenvalue weighted by atomic mass is 16.6. The van der Waals surface area contributed by atoms with Gasteiger partial charge in [-0.05, 0) is 37.1 Å². The van der Waals surface area contributed by atoms with E-state index in [4.69, 9.17) is 9.47 Å². The number of carbonyl (C=O) groups excluding carboxylic acids is 1. The van der Waals surface area contributed by atoms with Gasteiger partial charge in [0.2, 0.25) is 0 Å². The number of rotatable bonds is 2. The van der Waals surface area contributed by atoms with Crippen molar-refractivity contribution in [2.75, 3.05) is 7.11 Å². The number of hydrogen-bond acceptors (Lipinski definition) is 4. The molecular weight excluding hydrogens is 244 g/mol. The third-order valence-corrected chi connectivity index (χ3v) is 3.11. The SMILES string of the molecule is COc1cc(O)c2cc(C)c(C)cc2c1OC(C)=O. The van der Waals surface area contributed by atoms with E-state index in [-0.39, 0.29) is 5.75 Å². The van der Waals surface area contributed by atoms with Crippen molar-refractivity contribution >= 4 is 16.7 Å². The van der Waals surface area contributed by atoms with Crippen molar-refractivity contribution < 1.29 is 19.4 Å². The molecule has 0 heterocycles. The Morgan fingerprint density at radius 1 is 1.11 bits per heavy atom. The molecule has 2 aromatic carbocycles. The molecule has 19 heavy (non-hydrogen) atoms. The molecule has 0 bridgehead atoms. The molecule has 1 N–H and O–H groups in total. The lowest BCUT2D eigenvalue weighted by Crippen LogP contribution is -2.04. The summed E-state index contributed by atoms with van der Waals surface area (Å²) >= 11 is 0. The van der Waals surface area contributed by atoms with Crippen molar-refractivity contribution in [2.24, 2.45) is 0 Å². The Kier molecular flexibility index (Phi) is 3.34. The summed E-state index contributed by atoms with van der Waals surface area (Å²) in [6, 6.07) is 5.20. The molecule has 100 valence electrons. The van der Waals surface area contributed by atoms with E-state index >= 15 is 0 Å². The van der Waals surface area contributed by atoms with Crippen LogP contribution in [0.2, 0.25) is 0 Å². The minimum absolute atomic E-state index is 0.103. The second-order valence-corrected chi connectivity index (χ2v) is 4.50. The van der Waals surface area contributed by atoms with E-state index in [1.807, 2.05) is 26.0 Å². The third kappa shape index (κ3) is 2.34. The Morgan fingerprint density at radius 3 is 2.21 bits per heavy atom. The number of ether oxygens (including phenoxy) is 2. The maximum atomic E-state index is 11.2. The smallest absolute Gasteiger partial charge is 0.308 e. The number of benzene rings is 2. The van der Waals surface area contributed by atoms with Crippen LogP contribution in [-0.2, 0) is 4.79 Å². The van der Waals surface area contributed by atoms with Gasteiger partial charge in [0, 0.05) is 23.8 Å². The number of aryl methyl sites for hydroxylation is 2. The standard InChI is InChI=1S/C15H16O4/c1-8-5-11-12(6-9(8)2)15(19-10(3)16)14(18-4)7-13(11)17/h5-7,17H,1-4H3. The fraction of sp³-hybridized carbons (Fsp3) is 0.267. The lowest BCUT2D eigenvalue weighted by Gasteiger charge is -2.14. The Morgan fingerprint density at radius 2 is 1.68 bits per heavy atom. The summed E-state index contributed by atoms with van der Waals surface area (Å²) in [7, 11) is 1.47. The van der Waals surface area contributed by atoms with Gasteiger partial charge in [0.15, 0.2) is 11.5 Å². The van der Waals surface area contributed by atoms with Gasteiger partial charge in [-0.1, -0.05) is 0 Å². The Hall–Kier alpha value is -2.23. The fourth-order valence-corrected chi connectivity index (χ4v) is 2.02. The van der Waals surface area contributed by atoms with E-state index in [1.165, 1.54) is 20.1 Å². The number of hydrogen-bond donors (Lipinski definition) is 1. The average molecular weight is 260 g/mol. The molecule has 2 rings (SSSR count). The third-order valence-electron chi connectivity index (χ3n) is 3.11. The van der Waals surface area contributed by atoms with E-state index in [0.29, 0.717) is 22.3 Å². The number of phenols is 1. The Labute approximate surface area is 111 Å². The summed E-state index contributed by atoms with van der Waals surface area (Å²) in [6.07, 6.45) is 0. The molecule has 0 aliphatic heterocycles. The van der Waals surface area contributed by atoms with Gasteiger partial charge < -0.3 is 14.6 Å². The van der Waals surface area contributed by atoms with Crippen LogP contribution in [0.1, 0.15) is 18.1 Å². The first-order valence-corrected chi connectivity index (χ1v) is 5.93. The number of fused-ring (bicyclic) bond motifs is 1. The van der Waals surface area contributed by atoms with Crippen LogP contribution >= 0.6 is 0 Å². The number of aromatic hydroxyl groups is 1. The number of phenolic OH excluding ortho intramolecular Hbond substituents is 1. The fourth-order valence-electron chi connectivity index (χ4n) is 2.02. The van der Waals surface area contributed by atoms with Gasteiger partial charge in [0.1, 0.15) is 5.75 Å². The van der Waals surface area contributed by atoms with Crippen molar-refractivity contribution in [3.8, 4) is 17.2 Å². The molecule has 0 saturated heterocycles. The second-order valence-electron chi connectivity index (χ2n) is 4.50. The van der Waals surface area contributed by atoms with Gasteiger partial charge >= 0.3 is 5.97 Å². The summed E-state index contributed by atoms with van der Waals surface area (Å²) in [5.41, 5.74) is 2.11. The molecule has 0 radical (unpaired) electrons. The van der Waals surface area contributed by atoms with E-state index in [1.54, 1.807) is 0 Å². The second kappa shape index (κ2) is 4.80. The Bertz CT molecular complexity index is 659. The van der Waals surface area contributed by atoms with Gasteiger partial charge in [0.05, 0.1) is 7.11 Å². The zero-order valence-corrected chi connectivity index (χ0v) is 11.4. The molecule has 4 nitrogen and oxygen atoms in total. The highest BCUT2D eigenvalue weighted by Crippen LogP contribution is 2.42. The molecule has 0 unspecified atom stereocenters. The summed E-state index contributed by atoms with van der Waals surface area (Å²) in [6.45, 7) is 5.26. The molecular formula is C15H16O4. The van der Waals surface area contributed by atoms with E-state index in [2.05, 4.69) is 0 Å². The van der Waals surface area contributed by atoms with Crippen molar-refractivity contribution in [3.05, 3.63) is 29.3 Å². The van der Waals surface area contributed by atoms with E-state index in [9.17, 15) is 9.90 Å². The molecule has 0 aromatic heterocycles. The molecule has 0 spiro atoms. The quantitative estimate of drug-likeness (QED) is 0.666. The van der Waals surface area contributed by atoms with Gasteiger partial charge in [0.25, 0.3) is 0 Å². The van der Waals surface area contributed by atoms with Crippen molar-refractivity contribution in [2.45, 2.75) is 20.8 Å². The summed E-state index contributed by atoms with van der Waals surface area (Å²) in [5.74, 6) is 0.351. The number of carbonyl (C=O) groups is 1. The summed E-state index contributed by atoms with van der Waals surface area (Å²) < 4.78 is 10.4. The first-order chi connectivity index (χ1) is 8.93. The lowest BCUT2D eigenvalue weighted by molar-refractivity contribution is -0.131. The molecule has 0 saturated carbocycles. The summed E-state index contributed by atoms with van der Waals surface area (Å²) in [5, 5.41) is 11.3. The zero-order chi connectivity index (χ0) is 14.2. The van der Waals surface area contributed by atoms with Gasteiger partial charge in [-0.2, -0.15) is 0 Å². The molecule has 0 amide bonds. The maximum absolute atomic E-state index is 11.2. The highest BCUT2D eigenvalue weighted by molar-refractivity contribution is 5.97. The lowest BCUT2D eigenvalue weighted by atomic mass is 10.0. The highest BCUT2D eigenvalue weighted by Gasteiger charge is 2.16. The zero-order valence-electron chi connectivity index (χ0n) is 11.4. The molecule has 0 aliphatic rings. The topological polar surface area (TPSA) is 55.8 Å². The van der Waals surface area contributed by atoms with Gasteiger partial charge in [-0.15, -0.1) is 0 Å². The van der Waals surface area contributed by atoms with Crippen LogP contribution in [0.25, 0.3) is 10.8 Å². The van der Waals surface area contributed by atoms with Crippen LogP contribution < -0.4 is 9.47 Å². The van der Waals surface area contributed by atoms with Crippen molar-refractivity contribution in [1.82, 2.24) is 0 Å². The predicted octanol–water partition coefficient (Wildman–Crippen LogP) is 3.10. The predicted molar refractivity (Wildman–Crippen MR) is 72.9 cm³/mol. The molecule has 4 heteroatoms. The van der Waals surface area contributed by atoms with Crippen LogP contribution in [0.4, 0.5) is 0 Å². The number of methoxy groups -OCH3 is 1.